The zero-order chi connectivity index (χ0) is 14.0. The lowest BCUT2D eigenvalue weighted by Crippen LogP contribution is -2.26. The molecule has 4 N–H and O–H groups in total. The van der Waals surface area contributed by atoms with Crippen molar-refractivity contribution in [1.82, 2.24) is 0 Å². The van der Waals surface area contributed by atoms with Crippen LogP contribution in [0.5, 0.6) is 0 Å². The first-order chi connectivity index (χ1) is 8.90. The predicted octanol–water partition coefficient (Wildman–Crippen LogP) is 1.65. The molecule has 0 radical (unpaired) electrons. The maximum atomic E-state index is 12.1. The summed E-state index contributed by atoms with van der Waals surface area (Å²) >= 11 is 0. The van der Waals surface area contributed by atoms with Crippen molar-refractivity contribution >= 4 is 27.4 Å². The van der Waals surface area contributed by atoms with Crippen LogP contribution in [-0.2, 0) is 10.0 Å². The summed E-state index contributed by atoms with van der Waals surface area (Å²) in [5, 5.41) is 8.59. The highest BCUT2D eigenvalue weighted by Gasteiger charge is 2.29. The highest BCUT2D eigenvalue weighted by molar-refractivity contribution is 7.93. The number of carboxylic acid groups (broad SMARTS) is 1. The van der Waals surface area contributed by atoms with E-state index < -0.39 is 21.2 Å². The molecule has 0 aromatic heterocycles. The Morgan fingerprint density at radius 1 is 1.32 bits per heavy atom. The first kappa shape index (κ1) is 13.7. The summed E-state index contributed by atoms with van der Waals surface area (Å²) in [5.74, 6) is -1.19. The largest absolute Gasteiger partial charge is 0.478 e. The van der Waals surface area contributed by atoms with E-state index in [-0.39, 0.29) is 11.3 Å². The normalized spacial score (nSPS) is 16.4. The van der Waals surface area contributed by atoms with E-state index in [9.17, 15) is 13.2 Å². The van der Waals surface area contributed by atoms with Gasteiger partial charge in [-0.25, -0.2) is 13.2 Å². The second kappa shape index (κ2) is 5.08. The molecule has 2 rings (SSSR count). The molecule has 19 heavy (non-hydrogen) atoms. The molecule has 0 spiro atoms. The Morgan fingerprint density at radius 2 is 1.95 bits per heavy atom. The summed E-state index contributed by atoms with van der Waals surface area (Å²) in [6.07, 6.45) is 2.99. The van der Waals surface area contributed by atoms with Crippen LogP contribution >= 0.6 is 0 Å². The number of benzene rings is 1. The third-order valence-electron chi connectivity index (χ3n) is 3.27. The van der Waals surface area contributed by atoms with Gasteiger partial charge in [-0.3, -0.25) is 4.72 Å². The van der Waals surface area contributed by atoms with E-state index in [1.165, 1.54) is 18.2 Å². The minimum absolute atomic E-state index is 0.0272. The number of hydrogen-bond donors (Lipinski definition) is 3. The Balaban J connectivity index is 2.32. The fourth-order valence-corrected chi connectivity index (χ4v) is 3.86. The second-order valence-electron chi connectivity index (χ2n) is 4.66. The number of carboxylic acids is 1. The van der Waals surface area contributed by atoms with E-state index in [0.29, 0.717) is 18.5 Å². The second-order valence-corrected chi connectivity index (χ2v) is 6.62. The summed E-state index contributed by atoms with van der Waals surface area (Å²) in [6, 6.07) is 4.05. The molecule has 0 heterocycles. The van der Waals surface area contributed by atoms with Crippen LogP contribution in [-0.4, -0.2) is 24.7 Å². The highest BCUT2D eigenvalue weighted by atomic mass is 32.2. The molecule has 7 heteroatoms. The average Bonchev–Trinajstić information content (AvgIpc) is 2.81. The minimum Gasteiger partial charge on any atom is -0.478 e. The molecule has 1 aromatic carbocycles. The van der Waals surface area contributed by atoms with E-state index in [0.717, 1.165) is 12.8 Å². The van der Waals surface area contributed by atoms with E-state index in [2.05, 4.69) is 4.72 Å². The predicted molar refractivity (Wildman–Crippen MR) is 72.6 cm³/mol. The molecule has 0 bridgehead atoms. The monoisotopic (exact) mass is 284 g/mol. The Morgan fingerprint density at radius 3 is 2.53 bits per heavy atom. The van der Waals surface area contributed by atoms with Gasteiger partial charge in [0, 0.05) is 5.69 Å². The zero-order valence-corrected chi connectivity index (χ0v) is 11.1. The van der Waals surface area contributed by atoms with Gasteiger partial charge in [-0.05, 0) is 31.0 Å². The molecule has 1 aliphatic rings. The number of nitrogens with two attached hydrogens (primary N) is 1. The number of sulfonamides is 1. The smallest absolute Gasteiger partial charge is 0.337 e. The van der Waals surface area contributed by atoms with Crippen molar-refractivity contribution in [2.45, 2.75) is 30.9 Å². The summed E-state index contributed by atoms with van der Waals surface area (Å²) in [4.78, 5) is 11.1. The number of carbonyl (C=O) groups is 1. The molecule has 1 saturated carbocycles. The fourth-order valence-electron chi connectivity index (χ4n) is 2.27. The molecule has 1 aliphatic carbocycles. The molecule has 1 aromatic rings. The van der Waals surface area contributed by atoms with Gasteiger partial charge in [0.2, 0.25) is 10.0 Å². The van der Waals surface area contributed by atoms with Crippen LogP contribution in [0.2, 0.25) is 0 Å². The summed E-state index contributed by atoms with van der Waals surface area (Å²) in [5.41, 5.74) is 5.81. The fraction of sp³-hybridized carbons (Fsp3) is 0.417. The lowest BCUT2D eigenvalue weighted by Gasteiger charge is -2.15. The van der Waals surface area contributed by atoms with E-state index in [1.807, 2.05) is 0 Å². The van der Waals surface area contributed by atoms with Crippen LogP contribution in [0.15, 0.2) is 18.2 Å². The first-order valence-electron chi connectivity index (χ1n) is 6.04. The lowest BCUT2D eigenvalue weighted by molar-refractivity contribution is 0.0698. The number of anilines is 2. The van der Waals surface area contributed by atoms with E-state index in [1.54, 1.807) is 0 Å². The van der Waals surface area contributed by atoms with Crippen LogP contribution in [0.3, 0.4) is 0 Å². The third kappa shape index (κ3) is 2.98. The van der Waals surface area contributed by atoms with Crippen molar-refractivity contribution in [1.29, 1.82) is 0 Å². The molecular weight excluding hydrogens is 268 g/mol. The van der Waals surface area contributed by atoms with Gasteiger partial charge in [-0.2, -0.15) is 0 Å². The van der Waals surface area contributed by atoms with Crippen molar-refractivity contribution < 1.29 is 18.3 Å². The van der Waals surface area contributed by atoms with Gasteiger partial charge in [-0.1, -0.05) is 12.8 Å². The van der Waals surface area contributed by atoms with Gasteiger partial charge in [-0.15, -0.1) is 0 Å². The quantitative estimate of drug-likeness (QED) is 0.728. The average molecular weight is 284 g/mol. The number of nitrogen functional groups attached to an aromatic ring is 1. The van der Waals surface area contributed by atoms with Gasteiger partial charge in [0.25, 0.3) is 0 Å². The molecule has 1 fully saturated rings. The standard InChI is InChI=1S/C12H16N2O4S/c13-8-5-6-10(12(15)16)11(7-8)14-19(17,18)9-3-1-2-4-9/h5-7,9,14H,1-4,13H2,(H,15,16). The Labute approximate surface area is 111 Å². The van der Waals surface area contributed by atoms with E-state index >= 15 is 0 Å². The topological polar surface area (TPSA) is 109 Å². The van der Waals surface area contributed by atoms with Crippen LogP contribution in [0.4, 0.5) is 11.4 Å². The Kier molecular flexibility index (Phi) is 3.66. The molecule has 0 saturated heterocycles. The number of rotatable bonds is 4. The molecule has 0 atom stereocenters. The van der Waals surface area contributed by atoms with Crippen molar-refractivity contribution in [2.24, 2.45) is 0 Å². The molecule has 104 valence electrons. The molecule has 0 amide bonds. The van der Waals surface area contributed by atoms with Crippen LogP contribution < -0.4 is 10.5 Å². The van der Waals surface area contributed by atoms with Gasteiger partial charge in [0.1, 0.15) is 0 Å². The highest BCUT2D eigenvalue weighted by Crippen LogP contribution is 2.28. The number of aromatic carboxylic acids is 1. The van der Waals surface area contributed by atoms with Crippen molar-refractivity contribution in [3.63, 3.8) is 0 Å². The Bertz CT molecular complexity index is 592. The molecule has 0 aliphatic heterocycles. The summed E-state index contributed by atoms with van der Waals surface area (Å²) in [7, 11) is -3.55. The third-order valence-corrected chi connectivity index (χ3v) is 5.12. The maximum absolute atomic E-state index is 12.1. The van der Waals surface area contributed by atoms with Crippen molar-refractivity contribution in [2.75, 3.05) is 10.5 Å². The van der Waals surface area contributed by atoms with Gasteiger partial charge in [0.15, 0.2) is 0 Å². The maximum Gasteiger partial charge on any atom is 0.337 e. The molecular formula is C12H16N2O4S. The number of nitrogens with one attached hydrogen (secondary N) is 1. The minimum atomic E-state index is -3.55. The first-order valence-corrected chi connectivity index (χ1v) is 7.59. The Hall–Kier alpha value is -1.76. The lowest BCUT2D eigenvalue weighted by atomic mass is 10.1. The van der Waals surface area contributed by atoms with Gasteiger partial charge in [0.05, 0.1) is 16.5 Å². The molecule has 6 nitrogen and oxygen atoms in total. The summed E-state index contributed by atoms with van der Waals surface area (Å²) < 4.78 is 26.6. The number of hydrogen-bond acceptors (Lipinski definition) is 4. The summed E-state index contributed by atoms with van der Waals surface area (Å²) in [6.45, 7) is 0. The van der Waals surface area contributed by atoms with E-state index in [4.69, 9.17) is 10.8 Å². The van der Waals surface area contributed by atoms with Crippen LogP contribution in [0.1, 0.15) is 36.0 Å². The van der Waals surface area contributed by atoms with Crippen molar-refractivity contribution in [3.8, 4) is 0 Å². The van der Waals surface area contributed by atoms with Crippen LogP contribution in [0, 0.1) is 0 Å². The molecule has 0 unspecified atom stereocenters. The SMILES string of the molecule is Nc1ccc(C(=O)O)c(NS(=O)(=O)C2CCCC2)c1. The van der Waals surface area contributed by atoms with Gasteiger partial charge < -0.3 is 10.8 Å². The zero-order valence-electron chi connectivity index (χ0n) is 10.3. The van der Waals surface area contributed by atoms with Crippen molar-refractivity contribution in [3.05, 3.63) is 23.8 Å². The van der Waals surface area contributed by atoms with Crippen LogP contribution in [0.25, 0.3) is 0 Å². The van der Waals surface area contributed by atoms with Gasteiger partial charge >= 0.3 is 5.97 Å².